The number of hydrogen-bond donors (Lipinski definition) is 2. The van der Waals surface area contributed by atoms with Gasteiger partial charge in [0.25, 0.3) is 11.8 Å². The summed E-state index contributed by atoms with van der Waals surface area (Å²) in [6.45, 7) is 3.99. The van der Waals surface area contributed by atoms with Gasteiger partial charge in [-0.05, 0) is 60.8 Å². The maximum atomic E-state index is 12.9. The molecule has 1 aliphatic rings. The van der Waals surface area contributed by atoms with Gasteiger partial charge in [-0.25, -0.2) is 0 Å². The maximum absolute atomic E-state index is 12.9. The normalized spacial score (nSPS) is 13.0. The zero-order valence-electron chi connectivity index (χ0n) is 14.9. The van der Waals surface area contributed by atoms with E-state index in [1.807, 2.05) is 44.2 Å². The number of amides is 2. The van der Waals surface area contributed by atoms with Crippen molar-refractivity contribution in [1.82, 2.24) is 10.4 Å². The van der Waals surface area contributed by atoms with Crippen LogP contribution in [0.3, 0.4) is 0 Å². The standard InChI is InChI=1S/C21H17N3O2S/c1-12-6-3-11-17(13(12)2)22-21(27)23-24-19(25)15-9-4-7-14-8-5-10-16(18(14)15)20(24)26/h3-11H,1-2H3,(H2,22,23,27). The second-order valence-corrected chi connectivity index (χ2v) is 6.88. The van der Waals surface area contributed by atoms with Gasteiger partial charge in [0.05, 0.1) is 11.1 Å². The molecular weight excluding hydrogens is 358 g/mol. The van der Waals surface area contributed by atoms with E-state index in [4.69, 9.17) is 12.2 Å². The smallest absolute Gasteiger partial charge is 0.280 e. The van der Waals surface area contributed by atoms with Crippen LogP contribution in [-0.4, -0.2) is 21.9 Å². The van der Waals surface area contributed by atoms with E-state index in [9.17, 15) is 9.59 Å². The van der Waals surface area contributed by atoms with Crippen molar-refractivity contribution in [2.75, 3.05) is 5.32 Å². The highest BCUT2D eigenvalue weighted by atomic mass is 32.1. The Labute approximate surface area is 162 Å². The third-order valence-electron chi connectivity index (χ3n) is 4.84. The Morgan fingerprint density at radius 2 is 1.48 bits per heavy atom. The lowest BCUT2D eigenvalue weighted by Crippen LogP contribution is -2.52. The number of aryl methyl sites for hydroxylation is 1. The van der Waals surface area contributed by atoms with Gasteiger partial charge in [0, 0.05) is 11.1 Å². The van der Waals surface area contributed by atoms with E-state index in [2.05, 4.69) is 10.7 Å². The highest BCUT2D eigenvalue weighted by molar-refractivity contribution is 7.80. The zero-order valence-corrected chi connectivity index (χ0v) is 15.7. The molecular formula is C21H17N3O2S. The molecule has 3 aromatic carbocycles. The Bertz CT molecular complexity index is 1070. The van der Waals surface area contributed by atoms with Gasteiger partial charge in [-0.15, -0.1) is 0 Å². The van der Waals surface area contributed by atoms with E-state index in [0.717, 1.165) is 27.2 Å². The predicted molar refractivity (Wildman–Crippen MR) is 110 cm³/mol. The van der Waals surface area contributed by atoms with E-state index < -0.39 is 11.8 Å². The monoisotopic (exact) mass is 375 g/mol. The molecule has 5 nitrogen and oxygen atoms in total. The zero-order chi connectivity index (χ0) is 19.1. The summed E-state index contributed by atoms with van der Waals surface area (Å²) >= 11 is 5.34. The topological polar surface area (TPSA) is 61.4 Å². The minimum atomic E-state index is -0.422. The first kappa shape index (κ1) is 17.2. The number of rotatable bonds is 2. The fraction of sp³-hybridized carbons (Fsp3) is 0.0952. The van der Waals surface area contributed by atoms with Gasteiger partial charge < -0.3 is 5.32 Å². The molecule has 27 heavy (non-hydrogen) atoms. The summed E-state index contributed by atoms with van der Waals surface area (Å²) < 4.78 is 0. The molecule has 0 saturated carbocycles. The van der Waals surface area contributed by atoms with Crippen molar-refractivity contribution in [3.63, 3.8) is 0 Å². The number of hydrazine groups is 1. The molecule has 2 amide bonds. The molecule has 4 rings (SSSR count). The van der Waals surface area contributed by atoms with E-state index in [1.165, 1.54) is 0 Å². The second kappa shape index (κ2) is 6.48. The minimum Gasteiger partial charge on any atom is -0.331 e. The van der Waals surface area contributed by atoms with Crippen molar-refractivity contribution in [3.8, 4) is 0 Å². The molecule has 0 atom stereocenters. The molecule has 0 aromatic heterocycles. The van der Waals surface area contributed by atoms with Crippen LogP contribution in [0.5, 0.6) is 0 Å². The van der Waals surface area contributed by atoms with Crippen LogP contribution in [-0.2, 0) is 0 Å². The van der Waals surface area contributed by atoms with Crippen molar-refractivity contribution in [3.05, 3.63) is 76.9 Å². The molecule has 3 aromatic rings. The molecule has 0 radical (unpaired) electrons. The lowest BCUT2D eigenvalue weighted by Gasteiger charge is -2.28. The lowest BCUT2D eigenvalue weighted by atomic mass is 9.95. The molecule has 0 saturated heterocycles. The Hall–Kier alpha value is -3.25. The summed E-state index contributed by atoms with van der Waals surface area (Å²) in [6.07, 6.45) is 0. The first-order valence-electron chi connectivity index (χ1n) is 8.52. The van der Waals surface area contributed by atoms with Crippen LogP contribution < -0.4 is 10.7 Å². The van der Waals surface area contributed by atoms with Crippen molar-refractivity contribution >= 4 is 45.6 Å². The Morgan fingerprint density at radius 3 is 2.11 bits per heavy atom. The summed E-state index contributed by atoms with van der Waals surface area (Å²) in [5, 5.41) is 5.76. The van der Waals surface area contributed by atoms with Crippen molar-refractivity contribution in [2.45, 2.75) is 13.8 Å². The van der Waals surface area contributed by atoms with Crippen LogP contribution in [0.1, 0.15) is 31.8 Å². The number of nitrogens with one attached hydrogen (secondary N) is 2. The second-order valence-electron chi connectivity index (χ2n) is 6.47. The summed E-state index contributed by atoms with van der Waals surface area (Å²) in [4.78, 5) is 25.8. The molecule has 1 aliphatic heterocycles. The number of imide groups is 1. The van der Waals surface area contributed by atoms with E-state index in [-0.39, 0.29) is 5.11 Å². The van der Waals surface area contributed by atoms with Crippen molar-refractivity contribution in [1.29, 1.82) is 0 Å². The molecule has 1 heterocycles. The quantitative estimate of drug-likeness (QED) is 0.525. The molecule has 134 valence electrons. The van der Waals surface area contributed by atoms with Crippen LogP contribution in [0.2, 0.25) is 0 Å². The van der Waals surface area contributed by atoms with Crippen LogP contribution in [0.15, 0.2) is 54.6 Å². The largest absolute Gasteiger partial charge is 0.331 e. The number of hydrogen-bond acceptors (Lipinski definition) is 3. The number of thiocarbonyl (C=S) groups is 1. The van der Waals surface area contributed by atoms with Gasteiger partial charge in [0.1, 0.15) is 0 Å². The summed E-state index contributed by atoms with van der Waals surface area (Å²) in [6, 6.07) is 16.6. The van der Waals surface area contributed by atoms with Gasteiger partial charge in [0.2, 0.25) is 0 Å². The number of nitrogens with zero attached hydrogens (tertiary/aromatic N) is 1. The van der Waals surface area contributed by atoms with Gasteiger partial charge in [0.15, 0.2) is 5.11 Å². The number of anilines is 1. The number of carbonyl (C=O) groups excluding carboxylic acids is 2. The average molecular weight is 375 g/mol. The molecule has 0 unspecified atom stereocenters. The van der Waals surface area contributed by atoms with E-state index >= 15 is 0 Å². The van der Waals surface area contributed by atoms with E-state index in [0.29, 0.717) is 16.5 Å². The van der Waals surface area contributed by atoms with Crippen LogP contribution in [0.25, 0.3) is 10.8 Å². The average Bonchev–Trinajstić information content (AvgIpc) is 2.67. The van der Waals surface area contributed by atoms with Gasteiger partial charge >= 0.3 is 0 Å². The fourth-order valence-corrected chi connectivity index (χ4v) is 3.47. The number of benzene rings is 3. The SMILES string of the molecule is Cc1cccc(NC(=S)NN2C(=O)c3cccc4cccc(c34)C2=O)c1C. The Morgan fingerprint density at radius 1 is 0.889 bits per heavy atom. The van der Waals surface area contributed by atoms with Crippen LogP contribution >= 0.6 is 12.2 Å². The fourth-order valence-electron chi connectivity index (χ4n) is 3.27. The molecule has 0 fully saturated rings. The number of carbonyl (C=O) groups is 2. The molecule has 0 spiro atoms. The van der Waals surface area contributed by atoms with Crippen LogP contribution in [0.4, 0.5) is 5.69 Å². The Kier molecular flexibility index (Phi) is 4.12. The minimum absolute atomic E-state index is 0.178. The third kappa shape index (κ3) is 2.84. The summed E-state index contributed by atoms with van der Waals surface area (Å²) in [7, 11) is 0. The Balaban J connectivity index is 1.64. The van der Waals surface area contributed by atoms with E-state index in [1.54, 1.807) is 24.3 Å². The third-order valence-corrected chi connectivity index (χ3v) is 5.03. The molecule has 0 bridgehead atoms. The maximum Gasteiger partial charge on any atom is 0.280 e. The van der Waals surface area contributed by atoms with Gasteiger partial charge in [-0.3, -0.25) is 15.0 Å². The lowest BCUT2D eigenvalue weighted by molar-refractivity contribution is 0.0568. The molecule has 0 aliphatic carbocycles. The predicted octanol–water partition coefficient (Wildman–Crippen LogP) is 3.95. The van der Waals surface area contributed by atoms with Gasteiger partial charge in [-0.1, -0.05) is 36.4 Å². The summed E-state index contributed by atoms with van der Waals surface area (Å²) in [5.74, 6) is -0.844. The molecule has 2 N–H and O–H groups in total. The van der Waals surface area contributed by atoms with Crippen molar-refractivity contribution in [2.24, 2.45) is 0 Å². The first-order valence-corrected chi connectivity index (χ1v) is 8.92. The highest BCUT2D eigenvalue weighted by Crippen LogP contribution is 2.29. The molecule has 6 heteroatoms. The first-order chi connectivity index (χ1) is 13.0. The van der Waals surface area contributed by atoms with Gasteiger partial charge in [-0.2, -0.15) is 5.01 Å². The van der Waals surface area contributed by atoms with Crippen molar-refractivity contribution < 1.29 is 9.59 Å². The highest BCUT2D eigenvalue weighted by Gasteiger charge is 2.33. The van der Waals surface area contributed by atoms with Crippen LogP contribution in [0, 0.1) is 13.8 Å². The summed E-state index contributed by atoms with van der Waals surface area (Å²) in [5.41, 5.74) is 6.70.